The van der Waals surface area contributed by atoms with Gasteiger partial charge in [0.15, 0.2) is 0 Å². The van der Waals surface area contributed by atoms with Crippen LogP contribution in [0.25, 0.3) is 44.6 Å². The Morgan fingerprint density at radius 3 is 1.45 bits per heavy atom. The second-order valence-corrected chi connectivity index (χ2v) is 19.0. The highest BCUT2D eigenvalue weighted by atomic mass is 35.5. The number of carbonyl (C=O) groups excluding carboxylic acids is 4. The summed E-state index contributed by atoms with van der Waals surface area (Å²) in [5.41, 5.74) is 12.4. The Bertz CT molecular complexity index is 3330. The zero-order chi connectivity index (χ0) is 52.8. The maximum absolute atomic E-state index is 12.8. The predicted molar refractivity (Wildman–Crippen MR) is 296 cm³/mol. The molecule has 2 saturated carbocycles. The molecule has 3 amide bonds. The van der Waals surface area contributed by atoms with Crippen LogP contribution in [0.3, 0.4) is 0 Å². The predicted octanol–water partition coefficient (Wildman–Crippen LogP) is 10.3. The molecule has 21 heteroatoms. The molecule has 0 bridgehead atoms. The lowest BCUT2D eigenvalue weighted by Crippen LogP contribution is -2.42. The van der Waals surface area contributed by atoms with Crippen LogP contribution in [-0.4, -0.2) is 87.5 Å². The number of nitrogens with two attached hydrogens (primary N) is 1. The molecule has 0 radical (unpaired) electrons. The van der Waals surface area contributed by atoms with Crippen LogP contribution in [0.15, 0.2) is 135 Å². The summed E-state index contributed by atoms with van der Waals surface area (Å²) in [6.07, 6.45) is 12.6. The van der Waals surface area contributed by atoms with Crippen LogP contribution in [0.4, 0.5) is 23.3 Å². The monoisotopic (exact) mass is 1070 g/mol. The molecule has 0 spiro atoms. The topological polar surface area (TPSA) is 263 Å². The molecular weight excluding hydrogens is 1020 g/mol. The van der Waals surface area contributed by atoms with Crippen molar-refractivity contribution in [2.24, 2.45) is 0 Å². The lowest BCUT2D eigenvalue weighted by molar-refractivity contribution is -0.112. The Morgan fingerprint density at radius 1 is 0.587 bits per heavy atom. The van der Waals surface area contributed by atoms with Crippen molar-refractivity contribution in [2.45, 2.75) is 75.5 Å². The fraction of sp³-hybridized carbons (Fsp3) is 0.222. The number of nitrogens with one attached hydrogen (secondary N) is 7. The van der Waals surface area contributed by atoms with Crippen molar-refractivity contribution >= 4 is 103 Å². The summed E-state index contributed by atoms with van der Waals surface area (Å²) in [6.45, 7) is 6.51. The van der Waals surface area contributed by atoms with Crippen molar-refractivity contribution < 1.29 is 19.2 Å². The van der Waals surface area contributed by atoms with E-state index in [1.54, 1.807) is 60.9 Å². The van der Waals surface area contributed by atoms with Crippen molar-refractivity contribution in [3.8, 4) is 22.8 Å². The van der Waals surface area contributed by atoms with Crippen molar-refractivity contribution in [3.05, 3.63) is 156 Å². The van der Waals surface area contributed by atoms with Crippen LogP contribution in [0.5, 0.6) is 0 Å². The highest BCUT2D eigenvalue weighted by molar-refractivity contribution is 6.66. The van der Waals surface area contributed by atoms with E-state index >= 15 is 0 Å². The van der Waals surface area contributed by atoms with Crippen LogP contribution in [0.1, 0.15) is 72.1 Å². The minimum atomic E-state index is -0.509. The number of allylic oxidation sites excluding steroid dienone is 1. The largest absolute Gasteiger partial charge is 0.399 e. The molecule has 384 valence electrons. The van der Waals surface area contributed by atoms with E-state index in [1.807, 2.05) is 48.5 Å². The number of para-hydroxylation sites is 2. The number of nitrogen functional groups attached to an aromatic ring is 1. The van der Waals surface area contributed by atoms with Gasteiger partial charge in [-0.05, 0) is 136 Å². The third-order valence-corrected chi connectivity index (χ3v) is 13.2. The number of aromatic nitrogens is 8. The Balaban J connectivity index is 0.000000184. The van der Waals surface area contributed by atoms with Crippen molar-refractivity contribution in [3.63, 3.8) is 0 Å². The van der Waals surface area contributed by atoms with Gasteiger partial charge in [-0.15, -0.1) is 0 Å². The van der Waals surface area contributed by atoms with E-state index in [2.05, 4.69) is 80.1 Å². The van der Waals surface area contributed by atoms with Gasteiger partial charge in [-0.3, -0.25) is 29.4 Å². The van der Waals surface area contributed by atoms with Crippen LogP contribution in [0.2, 0.25) is 10.0 Å². The zero-order valence-corrected chi connectivity index (χ0v) is 42.7. The molecule has 0 saturated heterocycles. The van der Waals surface area contributed by atoms with Crippen molar-refractivity contribution in [2.75, 3.05) is 21.7 Å². The molecule has 0 aliphatic heterocycles. The summed E-state index contributed by atoms with van der Waals surface area (Å²) < 4.78 is 0. The molecule has 2 aliphatic rings. The average molecular weight is 1070 g/mol. The van der Waals surface area contributed by atoms with Gasteiger partial charge in [-0.2, -0.15) is 10.2 Å². The van der Waals surface area contributed by atoms with Gasteiger partial charge >= 0.3 is 0 Å². The molecule has 2 fully saturated rings. The third-order valence-electron chi connectivity index (χ3n) is 12.5. The number of H-pyrrole nitrogens is 2. The van der Waals surface area contributed by atoms with E-state index in [0.717, 1.165) is 79.2 Å². The number of hydrogen-bond donors (Lipinski definition) is 8. The van der Waals surface area contributed by atoms with Gasteiger partial charge in [0.25, 0.3) is 11.8 Å². The van der Waals surface area contributed by atoms with Gasteiger partial charge < -0.3 is 32.3 Å². The number of halogens is 3. The summed E-state index contributed by atoms with van der Waals surface area (Å²) in [5.74, 6) is 0.434. The highest BCUT2D eigenvalue weighted by Gasteiger charge is 2.27. The number of rotatable bonds is 13. The Hall–Kier alpha value is -8.19. The number of hydrogen-bond acceptors (Lipinski definition) is 13. The number of fused-ring (bicyclic) bond motifs is 2. The Labute approximate surface area is 446 Å². The van der Waals surface area contributed by atoms with Crippen LogP contribution in [0, 0.1) is 0 Å². The normalized spacial score (nSPS) is 16.9. The standard InChI is InChI=1S/C27H26ClN7O2.C24H24ClN7O.C3H3ClO/c1-2-23(36)30-17-12-10-16(11-13-17)26(37)31-18-6-5-7-19(14-18)32-27-29-15-21(28)25(33-27)24-20-8-3-4-9-22(20)34-35-24;25-19-13-27-24(30-22(19)21-18-6-1-2-7-20(18)31-32-21)29-17-5-3-4-16(12-17)28-23(33)14-8-10-15(26)11-9-14;1-2-3(4)5/h2-4,8-13,15,18-19H,1,5-7,14H2,(H,30,36)(H,31,37)(H,34,35)(H,29,32,33);1-2,6-11,13,16-17H,3-5,12,26H2,(H,28,33)(H,31,32)(H,27,29,30);2H,1H2/t18-,19+;16-,17+;/m00./s1. The SMILES string of the molecule is C=CC(=O)Cl.C=CC(=O)Nc1ccc(C(=O)N[C@H]2CCC[C@@H](Nc3ncc(Cl)c(-c4n[nH]c5ccccc45)n3)C2)cc1.Nc1ccc(C(=O)N[C@H]2CCC[C@@H](Nc3ncc(Cl)c(-c4n[nH]c5ccccc45)n3)C2)cc1. The lowest BCUT2D eigenvalue weighted by Gasteiger charge is -2.30. The molecule has 4 heterocycles. The summed E-state index contributed by atoms with van der Waals surface area (Å²) in [4.78, 5) is 64.4. The van der Waals surface area contributed by atoms with E-state index in [0.29, 0.717) is 67.2 Å². The summed E-state index contributed by atoms with van der Waals surface area (Å²) >= 11 is 17.6. The number of aromatic amines is 2. The Kier molecular flexibility index (Phi) is 17.8. The minimum Gasteiger partial charge on any atom is -0.399 e. The lowest BCUT2D eigenvalue weighted by atomic mass is 9.91. The first-order chi connectivity index (χ1) is 36.3. The zero-order valence-electron chi connectivity index (χ0n) is 40.5. The van der Waals surface area contributed by atoms with Crippen LogP contribution in [-0.2, 0) is 9.59 Å². The third kappa shape index (κ3) is 14.1. The highest BCUT2D eigenvalue weighted by Crippen LogP contribution is 2.33. The molecule has 4 aromatic heterocycles. The quantitative estimate of drug-likeness (QED) is 0.0304. The minimum absolute atomic E-state index is 0.0148. The molecular formula is C54H53Cl3N14O4. The van der Waals surface area contributed by atoms with Gasteiger partial charge in [0.1, 0.15) is 22.8 Å². The maximum Gasteiger partial charge on any atom is 0.251 e. The fourth-order valence-electron chi connectivity index (χ4n) is 8.83. The van der Waals surface area contributed by atoms with Crippen molar-refractivity contribution in [1.82, 2.24) is 51.0 Å². The summed E-state index contributed by atoms with van der Waals surface area (Å²) in [6, 6.07) is 29.7. The van der Waals surface area contributed by atoms with Crippen LogP contribution >= 0.6 is 34.8 Å². The second kappa shape index (κ2) is 25.2. The van der Waals surface area contributed by atoms with E-state index in [-0.39, 0.29) is 41.9 Å². The van der Waals surface area contributed by atoms with Gasteiger partial charge in [0.05, 0.1) is 33.5 Å². The molecule has 18 nitrogen and oxygen atoms in total. The van der Waals surface area contributed by atoms with Gasteiger partial charge in [0, 0.05) is 57.4 Å². The van der Waals surface area contributed by atoms with Gasteiger partial charge in [0.2, 0.25) is 23.0 Å². The second-order valence-electron chi connectivity index (χ2n) is 17.8. The first-order valence-corrected chi connectivity index (χ1v) is 25.2. The Morgan fingerprint density at radius 2 is 1.01 bits per heavy atom. The van der Waals surface area contributed by atoms with Gasteiger partial charge in [-0.1, -0.05) is 72.8 Å². The molecule has 2 aliphatic carbocycles. The number of amides is 3. The first-order valence-electron chi connectivity index (χ1n) is 24.1. The smallest absolute Gasteiger partial charge is 0.251 e. The van der Waals surface area contributed by atoms with E-state index in [4.69, 9.17) is 40.5 Å². The van der Waals surface area contributed by atoms with Crippen molar-refractivity contribution in [1.29, 1.82) is 0 Å². The molecule has 9 N–H and O–H groups in total. The maximum atomic E-state index is 12.8. The number of nitrogens with zero attached hydrogens (tertiary/aromatic N) is 6. The molecule has 10 rings (SSSR count). The van der Waals surface area contributed by atoms with E-state index in [9.17, 15) is 19.2 Å². The van der Waals surface area contributed by atoms with Crippen LogP contribution < -0.4 is 32.3 Å². The first kappa shape index (κ1) is 53.1. The summed E-state index contributed by atoms with van der Waals surface area (Å²) in [7, 11) is 0. The molecule has 8 aromatic rings. The van der Waals surface area contributed by atoms with Gasteiger partial charge in [-0.25, -0.2) is 19.9 Å². The number of carbonyl (C=O) groups is 4. The van der Waals surface area contributed by atoms with E-state index in [1.165, 1.54) is 6.08 Å². The molecule has 75 heavy (non-hydrogen) atoms. The number of benzene rings is 4. The fourth-order valence-corrected chi connectivity index (χ4v) is 9.19. The van der Waals surface area contributed by atoms with E-state index < -0.39 is 5.24 Å². The average Bonchev–Trinajstić information content (AvgIpc) is 4.07. The number of anilines is 4. The summed E-state index contributed by atoms with van der Waals surface area (Å²) in [5, 5.41) is 32.9. The molecule has 0 unspecified atom stereocenters. The molecule has 4 atom stereocenters. The molecule has 4 aromatic carbocycles.